The van der Waals surface area contributed by atoms with Crippen molar-refractivity contribution >= 4 is 5.91 Å². The summed E-state index contributed by atoms with van der Waals surface area (Å²) in [5, 5.41) is 4.37. The van der Waals surface area contributed by atoms with Gasteiger partial charge in [0.25, 0.3) is 0 Å². The average Bonchev–Trinajstić information content (AvgIpc) is 2.26. The number of carbonyl (C=O) groups is 1. The summed E-state index contributed by atoms with van der Waals surface area (Å²) in [6.07, 6.45) is -8.37. The number of alkyl halides is 6. The number of hydrogen-bond donors (Lipinski definition) is 2. The first-order valence-corrected chi connectivity index (χ1v) is 6.21. The molecule has 1 rings (SSSR count). The molecule has 3 nitrogen and oxygen atoms in total. The lowest BCUT2D eigenvalue weighted by molar-refractivity contribution is -0.182. The third-order valence-corrected chi connectivity index (χ3v) is 3.17. The summed E-state index contributed by atoms with van der Waals surface area (Å²) in [6, 6.07) is -0.395. The van der Waals surface area contributed by atoms with E-state index in [4.69, 9.17) is 0 Å². The fourth-order valence-electron chi connectivity index (χ4n) is 2.16. The molecule has 0 aromatic heterocycles. The van der Waals surface area contributed by atoms with Crippen molar-refractivity contribution in [1.29, 1.82) is 0 Å². The molecule has 20 heavy (non-hydrogen) atoms. The average molecular weight is 306 g/mol. The Balaban J connectivity index is 2.22. The van der Waals surface area contributed by atoms with Crippen molar-refractivity contribution in [3.63, 3.8) is 0 Å². The van der Waals surface area contributed by atoms with E-state index in [1.54, 1.807) is 0 Å². The van der Waals surface area contributed by atoms with Crippen molar-refractivity contribution in [3.05, 3.63) is 0 Å². The highest BCUT2D eigenvalue weighted by Crippen LogP contribution is 2.37. The maximum atomic E-state index is 12.4. The summed E-state index contributed by atoms with van der Waals surface area (Å²) in [4.78, 5) is 11.3. The molecule has 1 fully saturated rings. The molecule has 0 heterocycles. The van der Waals surface area contributed by atoms with Crippen LogP contribution in [-0.2, 0) is 4.79 Å². The Morgan fingerprint density at radius 2 is 1.55 bits per heavy atom. The van der Waals surface area contributed by atoms with E-state index >= 15 is 0 Å². The number of amides is 1. The number of rotatable bonds is 4. The monoisotopic (exact) mass is 306 g/mol. The molecule has 1 aliphatic carbocycles. The molecule has 0 radical (unpaired) electrons. The molecular weight excluding hydrogens is 290 g/mol. The maximum Gasteiger partial charge on any atom is 0.401 e. The second-order valence-corrected chi connectivity index (χ2v) is 4.88. The summed E-state index contributed by atoms with van der Waals surface area (Å²) < 4.78 is 72.7. The van der Waals surface area contributed by atoms with E-state index in [-0.39, 0.29) is 25.7 Å². The molecule has 0 atom stereocenters. The minimum absolute atomic E-state index is 0.0651. The van der Waals surface area contributed by atoms with E-state index in [2.05, 4.69) is 5.32 Å². The Morgan fingerprint density at radius 3 is 2.00 bits per heavy atom. The summed E-state index contributed by atoms with van der Waals surface area (Å²) >= 11 is 0. The third-order valence-electron chi connectivity index (χ3n) is 3.17. The summed E-state index contributed by atoms with van der Waals surface area (Å²) in [5.74, 6) is -1.98. The summed E-state index contributed by atoms with van der Waals surface area (Å²) in [6.45, 7) is -1.78. The van der Waals surface area contributed by atoms with Crippen LogP contribution in [0.15, 0.2) is 0 Å². The Bertz CT molecular complexity index is 320. The predicted molar refractivity (Wildman–Crippen MR) is 58.9 cm³/mol. The van der Waals surface area contributed by atoms with Crippen molar-refractivity contribution in [2.45, 2.75) is 44.1 Å². The molecule has 2 N–H and O–H groups in total. The van der Waals surface area contributed by atoms with Gasteiger partial charge in [-0.15, -0.1) is 0 Å². The van der Waals surface area contributed by atoms with Gasteiger partial charge in [0.2, 0.25) is 5.91 Å². The van der Waals surface area contributed by atoms with Crippen molar-refractivity contribution in [2.24, 2.45) is 5.92 Å². The van der Waals surface area contributed by atoms with Crippen LogP contribution in [0.4, 0.5) is 26.3 Å². The fourth-order valence-corrected chi connectivity index (χ4v) is 2.16. The highest BCUT2D eigenvalue weighted by molar-refractivity contribution is 5.78. The molecule has 0 unspecified atom stereocenters. The Hall–Kier alpha value is -0.990. The van der Waals surface area contributed by atoms with Crippen LogP contribution < -0.4 is 10.6 Å². The van der Waals surface area contributed by atoms with Crippen LogP contribution in [0.3, 0.4) is 0 Å². The lowest BCUT2D eigenvalue weighted by Gasteiger charge is -2.30. The molecule has 118 valence electrons. The van der Waals surface area contributed by atoms with Gasteiger partial charge in [0.05, 0.1) is 19.0 Å². The number of hydrogen-bond acceptors (Lipinski definition) is 2. The maximum absolute atomic E-state index is 12.4. The smallest absolute Gasteiger partial charge is 0.352 e. The largest absolute Gasteiger partial charge is 0.401 e. The van der Waals surface area contributed by atoms with Crippen LogP contribution >= 0.6 is 0 Å². The first-order chi connectivity index (χ1) is 9.08. The van der Waals surface area contributed by atoms with Gasteiger partial charge in [0.1, 0.15) is 0 Å². The van der Waals surface area contributed by atoms with Crippen molar-refractivity contribution < 1.29 is 31.1 Å². The lowest BCUT2D eigenvalue weighted by Crippen LogP contribution is -2.44. The second-order valence-electron chi connectivity index (χ2n) is 4.88. The van der Waals surface area contributed by atoms with E-state index in [1.165, 1.54) is 0 Å². The summed E-state index contributed by atoms with van der Waals surface area (Å²) in [5.41, 5.74) is 0. The van der Waals surface area contributed by atoms with E-state index in [0.29, 0.717) is 0 Å². The van der Waals surface area contributed by atoms with Gasteiger partial charge in [-0.25, -0.2) is 0 Å². The van der Waals surface area contributed by atoms with Gasteiger partial charge in [0, 0.05) is 6.04 Å². The second kappa shape index (κ2) is 6.64. The Kier molecular flexibility index (Phi) is 5.67. The standard InChI is InChI=1S/C11H16F6N2O/c12-10(13,14)6-18-5-9(20)19-8-3-1-7(2-4-8)11(15,16)17/h7-8,18H,1-6H2,(H,19,20). The van der Waals surface area contributed by atoms with Gasteiger partial charge < -0.3 is 10.6 Å². The molecule has 0 saturated heterocycles. The third kappa shape index (κ3) is 6.44. The molecule has 0 aromatic rings. The van der Waals surface area contributed by atoms with Crippen molar-refractivity contribution in [3.8, 4) is 0 Å². The van der Waals surface area contributed by atoms with Crippen LogP contribution in [0.5, 0.6) is 0 Å². The van der Waals surface area contributed by atoms with Crippen LogP contribution in [-0.4, -0.2) is 37.4 Å². The lowest BCUT2D eigenvalue weighted by atomic mass is 9.85. The molecule has 0 spiro atoms. The zero-order valence-corrected chi connectivity index (χ0v) is 10.6. The van der Waals surface area contributed by atoms with Gasteiger partial charge in [-0.1, -0.05) is 0 Å². The molecule has 0 aliphatic heterocycles. The topological polar surface area (TPSA) is 41.1 Å². The first kappa shape index (κ1) is 17.1. The zero-order chi connectivity index (χ0) is 15.4. The minimum atomic E-state index is -4.40. The molecule has 1 saturated carbocycles. The Morgan fingerprint density at radius 1 is 1.00 bits per heavy atom. The van der Waals surface area contributed by atoms with E-state index < -0.39 is 43.3 Å². The zero-order valence-electron chi connectivity index (χ0n) is 10.6. The van der Waals surface area contributed by atoms with Crippen LogP contribution in [0.25, 0.3) is 0 Å². The van der Waals surface area contributed by atoms with E-state index in [9.17, 15) is 31.1 Å². The molecule has 1 aliphatic rings. The van der Waals surface area contributed by atoms with Gasteiger partial charge in [-0.2, -0.15) is 26.3 Å². The normalized spacial score (nSPS) is 24.5. The van der Waals surface area contributed by atoms with Crippen LogP contribution in [0, 0.1) is 5.92 Å². The van der Waals surface area contributed by atoms with Crippen LogP contribution in [0.1, 0.15) is 25.7 Å². The molecule has 1 amide bonds. The first-order valence-electron chi connectivity index (χ1n) is 6.21. The van der Waals surface area contributed by atoms with Crippen molar-refractivity contribution in [2.75, 3.05) is 13.1 Å². The SMILES string of the molecule is O=C(CNCC(F)(F)F)NC1CCC(C(F)(F)F)CC1. The fraction of sp³-hybridized carbons (Fsp3) is 0.909. The van der Waals surface area contributed by atoms with E-state index in [0.717, 1.165) is 0 Å². The molecule has 9 heteroatoms. The van der Waals surface area contributed by atoms with Gasteiger partial charge in [0.15, 0.2) is 0 Å². The molecule has 0 bridgehead atoms. The number of carbonyl (C=O) groups excluding carboxylic acids is 1. The van der Waals surface area contributed by atoms with Crippen molar-refractivity contribution in [1.82, 2.24) is 10.6 Å². The van der Waals surface area contributed by atoms with E-state index in [1.807, 2.05) is 5.32 Å². The Labute approximate surface area is 112 Å². The highest BCUT2D eigenvalue weighted by Gasteiger charge is 2.41. The van der Waals surface area contributed by atoms with Crippen LogP contribution in [0.2, 0.25) is 0 Å². The number of nitrogens with one attached hydrogen (secondary N) is 2. The quantitative estimate of drug-likeness (QED) is 0.783. The van der Waals surface area contributed by atoms with Gasteiger partial charge in [-0.05, 0) is 25.7 Å². The summed E-state index contributed by atoms with van der Waals surface area (Å²) in [7, 11) is 0. The van der Waals surface area contributed by atoms with Gasteiger partial charge >= 0.3 is 12.4 Å². The van der Waals surface area contributed by atoms with Gasteiger partial charge in [-0.3, -0.25) is 4.79 Å². The number of halogens is 6. The predicted octanol–water partition coefficient (Wildman–Crippen LogP) is 2.38. The molecular formula is C11H16F6N2O. The highest BCUT2D eigenvalue weighted by atomic mass is 19.4. The minimum Gasteiger partial charge on any atom is -0.352 e. The molecule has 0 aromatic carbocycles.